The number of fused-ring (bicyclic) bond motifs is 1. The van der Waals surface area contributed by atoms with Crippen molar-refractivity contribution in [1.29, 1.82) is 0 Å². The van der Waals surface area contributed by atoms with Gasteiger partial charge in [0.25, 0.3) is 5.91 Å². The normalized spacial score (nSPS) is 14.7. The zero-order chi connectivity index (χ0) is 21.2. The lowest BCUT2D eigenvalue weighted by Gasteiger charge is -2.20. The number of anilines is 1. The molecular formula is C22H23N7O2. The fourth-order valence-electron chi connectivity index (χ4n) is 3.79. The highest BCUT2D eigenvalue weighted by molar-refractivity contribution is 6.09. The van der Waals surface area contributed by atoms with E-state index in [1.165, 1.54) is 0 Å². The second-order valence-corrected chi connectivity index (χ2v) is 7.80. The Morgan fingerprint density at radius 1 is 1.23 bits per heavy atom. The van der Waals surface area contributed by atoms with Crippen LogP contribution in [0.3, 0.4) is 0 Å². The van der Waals surface area contributed by atoms with Crippen molar-refractivity contribution in [3.63, 3.8) is 0 Å². The van der Waals surface area contributed by atoms with E-state index < -0.39 is 0 Å². The first kappa shape index (κ1) is 19.4. The molecule has 1 aliphatic rings. The van der Waals surface area contributed by atoms with Crippen molar-refractivity contribution in [1.82, 2.24) is 29.8 Å². The van der Waals surface area contributed by atoms with Crippen molar-refractivity contribution < 1.29 is 9.53 Å². The van der Waals surface area contributed by atoms with Gasteiger partial charge in [-0.1, -0.05) is 18.2 Å². The molecule has 1 fully saturated rings. The first-order chi connectivity index (χ1) is 15.2. The van der Waals surface area contributed by atoms with Gasteiger partial charge >= 0.3 is 0 Å². The first-order valence-corrected chi connectivity index (χ1v) is 10.4. The molecule has 0 spiro atoms. The predicted octanol–water partition coefficient (Wildman–Crippen LogP) is 2.98. The second-order valence-electron chi connectivity index (χ2n) is 7.80. The van der Waals surface area contributed by atoms with Crippen LogP contribution in [0.5, 0.6) is 0 Å². The number of hydrogen-bond acceptors (Lipinski definition) is 6. The molecule has 1 aliphatic heterocycles. The number of carbonyl (C=O) groups excluding carboxylic acids is 1. The lowest BCUT2D eigenvalue weighted by atomic mass is 10.0. The Morgan fingerprint density at radius 2 is 2.10 bits per heavy atom. The number of nitrogens with one attached hydrogen (secondary N) is 1. The van der Waals surface area contributed by atoms with Gasteiger partial charge in [0.05, 0.1) is 23.8 Å². The van der Waals surface area contributed by atoms with Gasteiger partial charge in [-0.15, -0.1) is 10.2 Å². The van der Waals surface area contributed by atoms with Crippen molar-refractivity contribution >= 4 is 17.1 Å². The van der Waals surface area contributed by atoms with E-state index in [1.807, 2.05) is 49.5 Å². The summed E-state index contributed by atoms with van der Waals surface area (Å²) in [4.78, 5) is 14.5. The number of amides is 1. The monoisotopic (exact) mass is 417 g/mol. The highest BCUT2D eigenvalue weighted by Crippen LogP contribution is 2.24. The third-order valence-electron chi connectivity index (χ3n) is 5.63. The summed E-state index contributed by atoms with van der Waals surface area (Å²) in [6.07, 6.45) is 5.42. The largest absolute Gasteiger partial charge is 0.381 e. The van der Waals surface area contributed by atoms with E-state index in [1.54, 1.807) is 15.5 Å². The summed E-state index contributed by atoms with van der Waals surface area (Å²) in [5.74, 6) is 0.839. The van der Waals surface area contributed by atoms with Gasteiger partial charge in [-0.05, 0) is 54.7 Å². The Kier molecular flexibility index (Phi) is 5.17. The minimum absolute atomic E-state index is 0.211. The molecular weight excluding hydrogens is 394 g/mol. The fourth-order valence-corrected chi connectivity index (χ4v) is 3.79. The number of ether oxygens (including phenoxy) is 1. The lowest BCUT2D eigenvalue weighted by molar-refractivity contribution is 0.0586. The number of nitrogens with zero attached hydrogens (tertiary/aromatic N) is 6. The number of pyridine rings is 1. The first-order valence-electron chi connectivity index (χ1n) is 10.4. The van der Waals surface area contributed by atoms with Gasteiger partial charge in [-0.25, -0.2) is 4.52 Å². The quantitative estimate of drug-likeness (QED) is 0.536. The van der Waals surface area contributed by atoms with E-state index in [9.17, 15) is 4.79 Å². The molecule has 158 valence electrons. The molecule has 0 atom stereocenters. The van der Waals surface area contributed by atoms with E-state index in [4.69, 9.17) is 4.74 Å². The summed E-state index contributed by atoms with van der Waals surface area (Å²) in [6, 6.07) is 11.4. The summed E-state index contributed by atoms with van der Waals surface area (Å²) >= 11 is 0. The molecule has 4 heterocycles. The van der Waals surface area contributed by atoms with Crippen LogP contribution < -0.4 is 5.32 Å². The molecule has 0 bridgehead atoms. The summed E-state index contributed by atoms with van der Waals surface area (Å²) in [5, 5.41) is 20.2. The Labute approximate surface area is 179 Å². The number of carbonyl (C=O) groups is 1. The molecule has 4 aromatic rings. The van der Waals surface area contributed by atoms with E-state index in [2.05, 4.69) is 25.8 Å². The minimum Gasteiger partial charge on any atom is -0.381 e. The van der Waals surface area contributed by atoms with Gasteiger partial charge in [-0.3, -0.25) is 4.79 Å². The molecule has 0 unspecified atom stereocenters. The molecule has 9 nitrogen and oxygen atoms in total. The Hall–Kier alpha value is -3.59. The maximum absolute atomic E-state index is 12.9. The number of hydrogen-bond donors (Lipinski definition) is 1. The zero-order valence-electron chi connectivity index (χ0n) is 17.2. The molecule has 5 rings (SSSR count). The van der Waals surface area contributed by atoms with Crippen LogP contribution in [0.1, 0.15) is 28.8 Å². The number of aromatic nitrogens is 6. The number of rotatable bonds is 5. The predicted molar refractivity (Wildman–Crippen MR) is 115 cm³/mol. The average Bonchev–Trinajstić information content (AvgIpc) is 3.43. The maximum atomic E-state index is 12.9. The van der Waals surface area contributed by atoms with Gasteiger partial charge in [0, 0.05) is 30.7 Å². The second kappa shape index (κ2) is 8.27. The van der Waals surface area contributed by atoms with Crippen molar-refractivity contribution in [3.05, 3.63) is 59.9 Å². The molecule has 9 heteroatoms. The topological polar surface area (TPSA) is 99.2 Å². The van der Waals surface area contributed by atoms with Crippen LogP contribution in [0.25, 0.3) is 16.9 Å². The highest BCUT2D eigenvalue weighted by Gasteiger charge is 2.18. The minimum atomic E-state index is -0.211. The third-order valence-corrected chi connectivity index (χ3v) is 5.63. The van der Waals surface area contributed by atoms with Crippen LogP contribution in [0, 0.1) is 12.8 Å². The Bertz CT molecular complexity index is 1220. The number of benzene rings is 1. The summed E-state index contributed by atoms with van der Waals surface area (Å²) in [6.45, 7) is 4.27. The zero-order valence-corrected chi connectivity index (χ0v) is 17.2. The molecule has 1 amide bonds. The Morgan fingerprint density at radius 3 is 2.97 bits per heavy atom. The molecule has 1 saturated heterocycles. The third kappa shape index (κ3) is 4.04. The van der Waals surface area contributed by atoms with Gasteiger partial charge in [0.2, 0.25) is 5.82 Å². The molecule has 1 aromatic carbocycles. The van der Waals surface area contributed by atoms with Crippen molar-refractivity contribution in [2.24, 2.45) is 5.92 Å². The molecule has 1 N–H and O–H groups in total. The van der Waals surface area contributed by atoms with Gasteiger partial charge < -0.3 is 10.1 Å². The van der Waals surface area contributed by atoms with Gasteiger partial charge in [0.15, 0.2) is 0 Å². The Balaban J connectivity index is 1.35. The lowest BCUT2D eigenvalue weighted by Crippen LogP contribution is -2.21. The highest BCUT2D eigenvalue weighted by atomic mass is 16.5. The molecule has 3 aromatic heterocycles. The van der Waals surface area contributed by atoms with Crippen LogP contribution in [0.2, 0.25) is 0 Å². The fraction of sp³-hybridized carbons (Fsp3) is 0.318. The van der Waals surface area contributed by atoms with Crippen molar-refractivity contribution in [2.45, 2.75) is 26.3 Å². The van der Waals surface area contributed by atoms with E-state index in [0.29, 0.717) is 23.0 Å². The number of tetrazole rings is 1. The average molecular weight is 417 g/mol. The standard InChI is InChI=1S/C22H23N7O2/c1-15-5-6-17(21-25-27-29(26-21)14-16-7-10-31-11-8-16)12-19(15)24-22(30)18-13-23-28-9-3-2-4-20(18)28/h2-6,9,12-13,16H,7-8,10-11,14H2,1H3,(H,24,30). The van der Waals surface area contributed by atoms with Crippen LogP contribution in [0.15, 0.2) is 48.8 Å². The van der Waals surface area contributed by atoms with E-state index in [-0.39, 0.29) is 5.91 Å². The smallest absolute Gasteiger partial charge is 0.259 e. The summed E-state index contributed by atoms with van der Waals surface area (Å²) in [7, 11) is 0. The molecule has 0 saturated carbocycles. The molecule has 31 heavy (non-hydrogen) atoms. The van der Waals surface area contributed by atoms with E-state index >= 15 is 0 Å². The molecule has 0 aliphatic carbocycles. The summed E-state index contributed by atoms with van der Waals surface area (Å²) < 4.78 is 7.09. The van der Waals surface area contributed by atoms with Gasteiger partial charge in [-0.2, -0.15) is 9.90 Å². The van der Waals surface area contributed by atoms with Crippen molar-refractivity contribution in [3.8, 4) is 11.4 Å². The SMILES string of the molecule is Cc1ccc(-c2nnn(CC3CCOCC3)n2)cc1NC(=O)c1cnn2ccccc12. The summed E-state index contributed by atoms with van der Waals surface area (Å²) in [5.41, 5.74) is 3.73. The van der Waals surface area contributed by atoms with E-state index in [0.717, 1.165) is 49.2 Å². The van der Waals surface area contributed by atoms with Crippen molar-refractivity contribution in [2.75, 3.05) is 18.5 Å². The van der Waals surface area contributed by atoms with Crippen LogP contribution in [-0.2, 0) is 11.3 Å². The maximum Gasteiger partial charge on any atom is 0.259 e. The molecule has 0 radical (unpaired) electrons. The van der Waals surface area contributed by atoms with Gasteiger partial charge in [0.1, 0.15) is 0 Å². The van der Waals surface area contributed by atoms with Crippen LogP contribution in [-0.4, -0.2) is 48.9 Å². The number of aryl methyl sites for hydroxylation is 1. The van der Waals surface area contributed by atoms with Crippen LogP contribution in [0.4, 0.5) is 5.69 Å². The van der Waals surface area contributed by atoms with Crippen LogP contribution >= 0.6 is 0 Å².